The summed E-state index contributed by atoms with van der Waals surface area (Å²) in [5.74, 6) is 2.05. The summed E-state index contributed by atoms with van der Waals surface area (Å²) < 4.78 is 17.0. The standard InChI is InChI=1S/C14H15BrClNO3/c1-17-14(10-4-5-13(16)20-10)8-6-11(18-2)12(19-3)7-9(8)15/h4-7,14,17H,1-3H3. The maximum atomic E-state index is 5.84. The van der Waals surface area contributed by atoms with Gasteiger partial charge in [0, 0.05) is 4.47 Å². The molecule has 0 aliphatic carbocycles. The van der Waals surface area contributed by atoms with Crippen molar-refractivity contribution in [3.8, 4) is 11.5 Å². The molecule has 1 aromatic carbocycles. The second-order valence-corrected chi connectivity index (χ2v) is 5.32. The summed E-state index contributed by atoms with van der Waals surface area (Å²) in [6.45, 7) is 0. The Hall–Kier alpha value is -1.17. The molecular formula is C14H15BrClNO3. The first-order valence-electron chi connectivity index (χ1n) is 5.94. The largest absolute Gasteiger partial charge is 0.493 e. The number of methoxy groups -OCH3 is 2. The number of hydrogen-bond acceptors (Lipinski definition) is 4. The highest BCUT2D eigenvalue weighted by Crippen LogP contribution is 2.38. The van der Waals surface area contributed by atoms with E-state index >= 15 is 0 Å². The van der Waals surface area contributed by atoms with E-state index in [1.807, 2.05) is 25.2 Å². The SMILES string of the molecule is CNC(c1ccc(Cl)o1)c1cc(OC)c(OC)cc1Br. The van der Waals surface area contributed by atoms with Crippen molar-refractivity contribution in [1.29, 1.82) is 0 Å². The maximum absolute atomic E-state index is 5.84. The minimum absolute atomic E-state index is 0.142. The van der Waals surface area contributed by atoms with Gasteiger partial charge in [-0.1, -0.05) is 15.9 Å². The fourth-order valence-corrected chi connectivity index (χ4v) is 2.73. The van der Waals surface area contributed by atoms with Crippen LogP contribution in [0.3, 0.4) is 0 Å². The van der Waals surface area contributed by atoms with E-state index in [2.05, 4.69) is 21.2 Å². The molecule has 0 aliphatic heterocycles. The lowest BCUT2D eigenvalue weighted by molar-refractivity contribution is 0.353. The molecule has 1 heterocycles. The Morgan fingerprint density at radius 2 is 1.85 bits per heavy atom. The molecule has 0 radical (unpaired) electrons. The molecule has 0 spiro atoms. The van der Waals surface area contributed by atoms with Gasteiger partial charge in [0.25, 0.3) is 0 Å². The van der Waals surface area contributed by atoms with Crippen LogP contribution in [0.25, 0.3) is 0 Å². The number of furan rings is 1. The van der Waals surface area contributed by atoms with Crippen LogP contribution in [0.1, 0.15) is 17.4 Å². The number of rotatable bonds is 5. The second-order valence-electron chi connectivity index (χ2n) is 4.09. The molecular weight excluding hydrogens is 346 g/mol. The van der Waals surface area contributed by atoms with Crippen LogP contribution in [0.15, 0.2) is 33.2 Å². The molecule has 0 saturated heterocycles. The Bertz CT molecular complexity index is 600. The first kappa shape index (κ1) is 15.2. The smallest absolute Gasteiger partial charge is 0.193 e. The number of benzene rings is 1. The molecule has 1 aromatic heterocycles. The van der Waals surface area contributed by atoms with Crippen LogP contribution >= 0.6 is 27.5 Å². The van der Waals surface area contributed by atoms with Crippen molar-refractivity contribution in [1.82, 2.24) is 5.32 Å². The van der Waals surface area contributed by atoms with E-state index in [9.17, 15) is 0 Å². The van der Waals surface area contributed by atoms with Crippen LogP contribution in [-0.2, 0) is 0 Å². The highest BCUT2D eigenvalue weighted by molar-refractivity contribution is 9.10. The zero-order valence-electron chi connectivity index (χ0n) is 11.4. The van der Waals surface area contributed by atoms with Crippen LogP contribution in [0.5, 0.6) is 11.5 Å². The molecule has 0 bridgehead atoms. The summed E-state index contributed by atoms with van der Waals surface area (Å²) >= 11 is 9.39. The number of nitrogens with one attached hydrogen (secondary N) is 1. The summed E-state index contributed by atoms with van der Waals surface area (Å²) in [5.41, 5.74) is 0.969. The molecule has 0 aliphatic rings. The summed E-state index contributed by atoms with van der Waals surface area (Å²) in [4.78, 5) is 0. The van der Waals surface area contributed by atoms with Gasteiger partial charge in [-0.05, 0) is 48.5 Å². The lowest BCUT2D eigenvalue weighted by atomic mass is 10.0. The molecule has 0 saturated carbocycles. The van der Waals surface area contributed by atoms with Gasteiger partial charge in [0.2, 0.25) is 0 Å². The van der Waals surface area contributed by atoms with Crippen LogP contribution in [0.2, 0.25) is 5.22 Å². The first-order chi connectivity index (χ1) is 9.60. The lowest BCUT2D eigenvalue weighted by Gasteiger charge is -2.18. The van der Waals surface area contributed by atoms with Gasteiger partial charge in [0.05, 0.1) is 20.3 Å². The van der Waals surface area contributed by atoms with E-state index in [0.717, 1.165) is 15.8 Å². The monoisotopic (exact) mass is 359 g/mol. The van der Waals surface area contributed by atoms with E-state index in [0.29, 0.717) is 16.7 Å². The fraction of sp³-hybridized carbons (Fsp3) is 0.286. The predicted octanol–water partition coefficient (Wildman–Crippen LogP) is 4.02. The van der Waals surface area contributed by atoms with Gasteiger partial charge in [0.1, 0.15) is 5.76 Å². The third kappa shape index (κ3) is 2.95. The average Bonchev–Trinajstić information content (AvgIpc) is 2.87. The van der Waals surface area contributed by atoms with Crippen LogP contribution in [-0.4, -0.2) is 21.3 Å². The summed E-state index contributed by atoms with van der Waals surface area (Å²) in [6.07, 6.45) is 0. The van der Waals surface area contributed by atoms with Gasteiger partial charge in [-0.25, -0.2) is 0 Å². The Labute approximate surface area is 131 Å². The van der Waals surface area contributed by atoms with Crippen LogP contribution < -0.4 is 14.8 Å². The maximum Gasteiger partial charge on any atom is 0.193 e. The molecule has 4 nitrogen and oxygen atoms in total. The van der Waals surface area contributed by atoms with Crippen molar-refractivity contribution < 1.29 is 13.9 Å². The van der Waals surface area contributed by atoms with Crippen molar-refractivity contribution in [3.05, 3.63) is 45.3 Å². The molecule has 6 heteroatoms. The van der Waals surface area contributed by atoms with Gasteiger partial charge in [-0.3, -0.25) is 0 Å². The van der Waals surface area contributed by atoms with Crippen molar-refractivity contribution in [2.75, 3.05) is 21.3 Å². The molecule has 0 amide bonds. The van der Waals surface area contributed by atoms with E-state index in [1.54, 1.807) is 20.3 Å². The Balaban J connectivity index is 2.49. The van der Waals surface area contributed by atoms with Crippen molar-refractivity contribution in [3.63, 3.8) is 0 Å². The Morgan fingerprint density at radius 3 is 2.35 bits per heavy atom. The molecule has 1 N–H and O–H groups in total. The van der Waals surface area contributed by atoms with Crippen LogP contribution in [0.4, 0.5) is 0 Å². The van der Waals surface area contributed by atoms with E-state index in [1.165, 1.54) is 0 Å². The van der Waals surface area contributed by atoms with Gasteiger partial charge < -0.3 is 19.2 Å². The van der Waals surface area contributed by atoms with Gasteiger partial charge in [-0.2, -0.15) is 0 Å². The molecule has 20 heavy (non-hydrogen) atoms. The highest BCUT2D eigenvalue weighted by Gasteiger charge is 2.21. The highest BCUT2D eigenvalue weighted by atomic mass is 79.9. The third-order valence-corrected chi connectivity index (χ3v) is 3.87. The van der Waals surface area contributed by atoms with Crippen molar-refractivity contribution in [2.24, 2.45) is 0 Å². The van der Waals surface area contributed by atoms with Crippen molar-refractivity contribution >= 4 is 27.5 Å². The zero-order valence-corrected chi connectivity index (χ0v) is 13.7. The average molecular weight is 361 g/mol. The molecule has 1 unspecified atom stereocenters. The molecule has 2 aromatic rings. The minimum Gasteiger partial charge on any atom is -0.493 e. The predicted molar refractivity (Wildman–Crippen MR) is 81.9 cm³/mol. The third-order valence-electron chi connectivity index (χ3n) is 2.98. The van der Waals surface area contributed by atoms with E-state index < -0.39 is 0 Å². The quantitative estimate of drug-likeness (QED) is 0.874. The summed E-state index contributed by atoms with van der Waals surface area (Å²) in [6, 6.07) is 7.18. The Kier molecular flexibility index (Phi) is 4.96. The normalized spacial score (nSPS) is 12.2. The molecule has 2 rings (SSSR count). The van der Waals surface area contributed by atoms with Gasteiger partial charge in [-0.15, -0.1) is 0 Å². The number of ether oxygens (including phenoxy) is 2. The fourth-order valence-electron chi connectivity index (χ4n) is 2.03. The second kappa shape index (κ2) is 6.52. The van der Waals surface area contributed by atoms with Crippen molar-refractivity contribution in [2.45, 2.75) is 6.04 Å². The van der Waals surface area contributed by atoms with E-state index in [4.69, 9.17) is 25.5 Å². The van der Waals surface area contributed by atoms with E-state index in [-0.39, 0.29) is 6.04 Å². The van der Waals surface area contributed by atoms with Crippen LogP contribution in [0, 0.1) is 0 Å². The number of halogens is 2. The lowest BCUT2D eigenvalue weighted by Crippen LogP contribution is -2.17. The zero-order chi connectivity index (χ0) is 14.7. The minimum atomic E-state index is -0.142. The molecule has 0 fully saturated rings. The summed E-state index contributed by atoms with van der Waals surface area (Å²) in [5, 5.41) is 3.56. The Morgan fingerprint density at radius 1 is 1.20 bits per heavy atom. The first-order valence-corrected chi connectivity index (χ1v) is 7.11. The van der Waals surface area contributed by atoms with Gasteiger partial charge >= 0.3 is 0 Å². The van der Waals surface area contributed by atoms with Gasteiger partial charge in [0.15, 0.2) is 16.7 Å². The number of hydrogen-bond donors (Lipinski definition) is 1. The summed E-state index contributed by atoms with van der Waals surface area (Å²) in [7, 11) is 5.06. The molecule has 1 atom stereocenters. The molecule has 108 valence electrons. The topological polar surface area (TPSA) is 43.6 Å².